The molecule has 3 aromatic rings. The van der Waals surface area contributed by atoms with Gasteiger partial charge in [0, 0.05) is 49.7 Å². The molecule has 30 heavy (non-hydrogen) atoms. The first-order valence-corrected chi connectivity index (χ1v) is 11.2. The van der Waals surface area contributed by atoms with Gasteiger partial charge in [0.05, 0.1) is 0 Å². The average Bonchev–Trinajstić information content (AvgIpc) is 3.45. The van der Waals surface area contributed by atoms with Gasteiger partial charge in [-0.1, -0.05) is 13.0 Å². The van der Waals surface area contributed by atoms with Crippen LogP contribution in [0.3, 0.4) is 0 Å². The Balaban J connectivity index is 1.47. The number of nitrogens with zero attached hydrogens (tertiary/aromatic N) is 4. The van der Waals surface area contributed by atoms with E-state index in [2.05, 4.69) is 20.4 Å². The number of aromatic nitrogens is 3. The van der Waals surface area contributed by atoms with Gasteiger partial charge in [0.25, 0.3) is 11.5 Å². The Bertz CT molecular complexity index is 1110. The molecule has 0 saturated carbocycles. The van der Waals surface area contributed by atoms with Gasteiger partial charge in [-0.25, -0.2) is 0 Å². The number of carbonyl (C=O) groups is 1. The summed E-state index contributed by atoms with van der Waals surface area (Å²) >= 11 is 1.60. The highest BCUT2D eigenvalue weighted by Crippen LogP contribution is 2.42. The molecule has 1 amide bonds. The topological polar surface area (TPSA) is 93.3 Å². The summed E-state index contributed by atoms with van der Waals surface area (Å²) in [7, 11) is 0. The summed E-state index contributed by atoms with van der Waals surface area (Å²) in [6.45, 7) is 3.74. The van der Waals surface area contributed by atoms with Crippen LogP contribution < -0.4 is 15.8 Å². The lowest BCUT2D eigenvalue weighted by Gasteiger charge is -2.45. The second-order valence-corrected chi connectivity index (χ2v) is 8.67. The third-order valence-electron chi connectivity index (χ3n) is 6.01. The Labute approximate surface area is 177 Å². The molecule has 156 valence electrons. The summed E-state index contributed by atoms with van der Waals surface area (Å²) in [5.41, 5.74) is 1.84. The van der Waals surface area contributed by atoms with Crippen molar-refractivity contribution in [2.75, 3.05) is 18.0 Å². The van der Waals surface area contributed by atoms with Crippen LogP contribution in [0.5, 0.6) is 0 Å². The van der Waals surface area contributed by atoms with Crippen molar-refractivity contribution in [3.8, 4) is 0 Å². The van der Waals surface area contributed by atoms with Crippen LogP contribution in [0.4, 0.5) is 5.95 Å². The molecule has 0 radical (unpaired) electrons. The molecule has 2 aliphatic rings. The van der Waals surface area contributed by atoms with Crippen LogP contribution in [0.2, 0.25) is 0 Å². The fourth-order valence-electron chi connectivity index (χ4n) is 4.64. The van der Waals surface area contributed by atoms with Gasteiger partial charge in [0.2, 0.25) is 11.8 Å². The lowest BCUT2D eigenvalue weighted by Crippen LogP contribution is -2.53. The van der Waals surface area contributed by atoms with E-state index in [-0.39, 0.29) is 23.3 Å². The standard InChI is InChI=1S/C21H23N5O3S/c1-2-17-23-21(24-29-17)25-10-14-8-15(11-25)19(26-16(14)4-3-5-18(26)27)20(28)22-9-13-6-7-30-12-13/h3-7,12,14-15,19H,2,8-11H2,1H3,(H,22,28)/t14-,15+,19+/m0/s1. The molecule has 9 heteroatoms. The summed E-state index contributed by atoms with van der Waals surface area (Å²) in [4.78, 5) is 32.6. The second-order valence-electron chi connectivity index (χ2n) is 7.89. The summed E-state index contributed by atoms with van der Waals surface area (Å²) in [5, 5.41) is 11.2. The van der Waals surface area contributed by atoms with Gasteiger partial charge in [0.1, 0.15) is 6.04 Å². The third kappa shape index (κ3) is 3.32. The number of hydrogen-bond donors (Lipinski definition) is 1. The summed E-state index contributed by atoms with van der Waals surface area (Å²) in [6, 6.07) is 6.71. The van der Waals surface area contributed by atoms with Gasteiger partial charge in [-0.2, -0.15) is 16.3 Å². The van der Waals surface area contributed by atoms with Gasteiger partial charge >= 0.3 is 0 Å². The number of piperidine rings is 1. The number of nitrogens with one attached hydrogen (secondary N) is 1. The van der Waals surface area contributed by atoms with Crippen LogP contribution in [-0.4, -0.2) is 33.7 Å². The number of amides is 1. The van der Waals surface area contributed by atoms with E-state index < -0.39 is 6.04 Å². The lowest BCUT2D eigenvalue weighted by molar-refractivity contribution is -0.127. The molecule has 3 atom stereocenters. The van der Waals surface area contributed by atoms with Crippen LogP contribution in [0, 0.1) is 5.92 Å². The molecular formula is C21H23N5O3S. The number of fused-ring (bicyclic) bond motifs is 4. The van der Waals surface area contributed by atoms with E-state index in [1.54, 1.807) is 22.0 Å². The van der Waals surface area contributed by atoms with Crippen molar-refractivity contribution in [3.63, 3.8) is 0 Å². The van der Waals surface area contributed by atoms with Gasteiger partial charge in [0.15, 0.2) is 0 Å². The van der Waals surface area contributed by atoms with Crippen LogP contribution in [-0.2, 0) is 17.8 Å². The minimum atomic E-state index is -0.552. The fraction of sp³-hybridized carbons (Fsp3) is 0.429. The fourth-order valence-corrected chi connectivity index (χ4v) is 5.31. The largest absolute Gasteiger partial charge is 0.350 e. The number of anilines is 1. The van der Waals surface area contributed by atoms with E-state index in [0.29, 0.717) is 37.9 Å². The molecule has 0 spiro atoms. The van der Waals surface area contributed by atoms with E-state index in [9.17, 15) is 9.59 Å². The number of aryl methyl sites for hydroxylation is 1. The third-order valence-corrected chi connectivity index (χ3v) is 6.74. The van der Waals surface area contributed by atoms with Gasteiger partial charge in [-0.15, -0.1) is 0 Å². The minimum absolute atomic E-state index is 0.0117. The maximum Gasteiger partial charge on any atom is 0.266 e. The van der Waals surface area contributed by atoms with Crippen molar-refractivity contribution in [1.29, 1.82) is 0 Å². The molecule has 2 aliphatic heterocycles. The van der Waals surface area contributed by atoms with Crippen molar-refractivity contribution < 1.29 is 9.32 Å². The SMILES string of the molecule is CCc1nc(N2C[C@@H]3C[C@H](C2)[C@H](C(=O)NCc2ccsc2)n2c3cccc2=O)no1. The molecular weight excluding hydrogens is 402 g/mol. The van der Waals surface area contributed by atoms with Gasteiger partial charge in [-0.05, 0) is 40.0 Å². The Morgan fingerprint density at radius 3 is 3.00 bits per heavy atom. The van der Waals surface area contributed by atoms with E-state index >= 15 is 0 Å². The van der Waals surface area contributed by atoms with Crippen molar-refractivity contribution in [2.45, 2.75) is 38.3 Å². The number of carbonyl (C=O) groups excluding carboxylic acids is 1. The van der Waals surface area contributed by atoms with Crippen LogP contribution in [0.15, 0.2) is 44.3 Å². The molecule has 8 nitrogen and oxygen atoms in total. The quantitative estimate of drug-likeness (QED) is 0.674. The van der Waals surface area contributed by atoms with Crippen molar-refractivity contribution in [1.82, 2.24) is 20.0 Å². The van der Waals surface area contributed by atoms with Crippen molar-refractivity contribution in [3.05, 3.63) is 62.5 Å². The predicted octanol–water partition coefficient (Wildman–Crippen LogP) is 2.34. The highest BCUT2D eigenvalue weighted by atomic mass is 32.1. The van der Waals surface area contributed by atoms with Crippen LogP contribution >= 0.6 is 11.3 Å². The van der Waals surface area contributed by atoms with Crippen molar-refractivity contribution >= 4 is 23.2 Å². The molecule has 1 N–H and O–H groups in total. The van der Waals surface area contributed by atoms with E-state index in [1.165, 1.54) is 6.07 Å². The lowest BCUT2D eigenvalue weighted by atomic mass is 9.78. The Morgan fingerprint density at radius 1 is 1.33 bits per heavy atom. The minimum Gasteiger partial charge on any atom is -0.350 e. The maximum atomic E-state index is 13.3. The van der Waals surface area contributed by atoms with Crippen LogP contribution in [0.25, 0.3) is 0 Å². The summed E-state index contributed by atoms with van der Waals surface area (Å²) in [5.74, 6) is 1.17. The first-order chi connectivity index (χ1) is 14.6. The average molecular weight is 426 g/mol. The molecule has 5 heterocycles. The Morgan fingerprint density at radius 2 is 2.23 bits per heavy atom. The zero-order chi connectivity index (χ0) is 20.7. The molecule has 0 aliphatic carbocycles. The molecule has 1 fully saturated rings. The number of thiophene rings is 1. The number of rotatable bonds is 5. The molecule has 2 bridgehead atoms. The highest BCUT2D eigenvalue weighted by molar-refractivity contribution is 7.07. The zero-order valence-corrected chi connectivity index (χ0v) is 17.5. The van der Waals surface area contributed by atoms with Crippen molar-refractivity contribution in [2.24, 2.45) is 5.92 Å². The molecule has 5 rings (SSSR count). The molecule has 0 aromatic carbocycles. The second kappa shape index (κ2) is 7.71. The predicted molar refractivity (Wildman–Crippen MR) is 113 cm³/mol. The molecule has 3 aromatic heterocycles. The first kappa shape index (κ1) is 19.0. The summed E-state index contributed by atoms with van der Waals surface area (Å²) in [6.07, 6.45) is 1.54. The number of hydrogen-bond acceptors (Lipinski definition) is 7. The Kier molecular flexibility index (Phi) is 4.90. The highest BCUT2D eigenvalue weighted by Gasteiger charge is 2.44. The van der Waals surface area contributed by atoms with Gasteiger partial charge in [-0.3, -0.25) is 14.2 Å². The number of pyridine rings is 1. The van der Waals surface area contributed by atoms with Crippen LogP contribution in [0.1, 0.15) is 42.5 Å². The first-order valence-electron chi connectivity index (χ1n) is 10.2. The maximum absolute atomic E-state index is 13.3. The normalized spacial score (nSPS) is 22.6. The van der Waals surface area contributed by atoms with E-state index in [1.807, 2.05) is 29.8 Å². The zero-order valence-electron chi connectivity index (χ0n) is 16.7. The Hall–Kier alpha value is -2.94. The van der Waals surface area contributed by atoms with E-state index in [0.717, 1.165) is 17.7 Å². The monoisotopic (exact) mass is 425 g/mol. The summed E-state index contributed by atoms with van der Waals surface area (Å²) < 4.78 is 7.00. The van der Waals surface area contributed by atoms with E-state index in [4.69, 9.17) is 4.52 Å². The molecule has 1 saturated heterocycles. The molecule has 0 unspecified atom stereocenters. The smallest absolute Gasteiger partial charge is 0.266 e. The van der Waals surface area contributed by atoms with Gasteiger partial charge < -0.3 is 14.7 Å².